The highest BCUT2D eigenvalue weighted by Crippen LogP contribution is 2.29. The van der Waals surface area contributed by atoms with Gasteiger partial charge in [0.1, 0.15) is 23.3 Å². The van der Waals surface area contributed by atoms with E-state index in [1.54, 1.807) is 0 Å². The van der Waals surface area contributed by atoms with Gasteiger partial charge in [0.05, 0.1) is 5.69 Å². The fraction of sp³-hybridized carbons (Fsp3) is 0.522. The van der Waals surface area contributed by atoms with Crippen molar-refractivity contribution in [1.29, 1.82) is 0 Å². The predicted octanol–water partition coefficient (Wildman–Crippen LogP) is 5.11. The summed E-state index contributed by atoms with van der Waals surface area (Å²) in [6.45, 7) is 17.8. The Hall–Kier alpha value is -1.58. The number of nitrogen functional groups attached to an aromatic ring is 1. The fourth-order valence-electron chi connectivity index (χ4n) is 2.89. The van der Waals surface area contributed by atoms with Gasteiger partial charge in [0.15, 0.2) is 0 Å². The Kier molecular flexibility index (Phi) is 8.97. The summed E-state index contributed by atoms with van der Waals surface area (Å²) >= 11 is -1.25. The number of nitrogens with zero attached hydrogens (tertiary/aromatic N) is 2. The first kappa shape index (κ1) is 25.7. The highest BCUT2D eigenvalue weighted by atomic mass is 32.2. The molecule has 172 valence electrons. The summed E-state index contributed by atoms with van der Waals surface area (Å²) in [7, 11) is -1.17. The highest BCUT2D eigenvalue weighted by Gasteiger charge is 2.31. The van der Waals surface area contributed by atoms with Crippen molar-refractivity contribution in [3.8, 4) is 11.3 Å². The maximum Gasteiger partial charge on any atom is 0.136 e. The van der Waals surface area contributed by atoms with E-state index >= 15 is 0 Å². The molecule has 3 N–H and O–H groups in total. The van der Waals surface area contributed by atoms with Crippen LogP contribution in [-0.2, 0) is 22.8 Å². The Labute approximate surface area is 191 Å². The van der Waals surface area contributed by atoms with Crippen LogP contribution >= 0.6 is 0 Å². The zero-order valence-electron chi connectivity index (χ0n) is 19.8. The maximum absolute atomic E-state index is 12.8. The molecule has 8 heteroatoms. The van der Waals surface area contributed by atoms with Gasteiger partial charge in [-0.2, -0.15) is 0 Å². The average Bonchev–Trinajstić information content (AvgIpc) is 3.07. The zero-order chi connectivity index (χ0) is 23.2. The molecule has 0 aliphatic carbocycles. The largest absolute Gasteiger partial charge is 0.598 e. The lowest BCUT2D eigenvalue weighted by atomic mass is 10.1. The monoisotopic (exact) mass is 462 g/mol. The van der Waals surface area contributed by atoms with Crippen LogP contribution in [0.3, 0.4) is 0 Å². The normalized spacial score (nSPS) is 14.4. The van der Waals surface area contributed by atoms with E-state index in [0.29, 0.717) is 25.4 Å². The van der Waals surface area contributed by atoms with Gasteiger partial charge in [0.2, 0.25) is 0 Å². The number of para-hydroxylation sites is 1. The second-order valence-electron chi connectivity index (χ2n) is 9.97. The molecule has 1 heterocycles. The number of hydrogen-bond acceptors (Lipinski definition) is 5. The molecule has 0 aliphatic heterocycles. The SMILES string of the molecule is C=CC[C@H](N[S+]([O-])C(C)(C)C)c1nc(-c2ccccc2N)cn1COCC[Si](C)(C)C. The van der Waals surface area contributed by atoms with Crippen LogP contribution < -0.4 is 10.5 Å². The van der Waals surface area contributed by atoms with Gasteiger partial charge in [-0.1, -0.05) is 43.9 Å². The lowest BCUT2D eigenvalue weighted by Gasteiger charge is -2.27. The van der Waals surface area contributed by atoms with Crippen LogP contribution in [0, 0.1) is 0 Å². The van der Waals surface area contributed by atoms with Gasteiger partial charge in [-0.15, -0.1) is 11.3 Å². The fourth-order valence-corrected chi connectivity index (χ4v) is 4.46. The topological polar surface area (TPSA) is 88.2 Å². The van der Waals surface area contributed by atoms with Crippen molar-refractivity contribution in [3.05, 3.63) is 48.9 Å². The van der Waals surface area contributed by atoms with E-state index < -0.39 is 24.2 Å². The highest BCUT2D eigenvalue weighted by molar-refractivity contribution is 7.90. The maximum atomic E-state index is 12.8. The molecule has 0 radical (unpaired) electrons. The molecular formula is C23H38N4O2SSi. The van der Waals surface area contributed by atoms with Crippen molar-refractivity contribution in [3.63, 3.8) is 0 Å². The first-order valence-electron chi connectivity index (χ1n) is 10.7. The van der Waals surface area contributed by atoms with E-state index in [-0.39, 0.29) is 6.04 Å². The predicted molar refractivity (Wildman–Crippen MR) is 135 cm³/mol. The molecule has 1 unspecified atom stereocenters. The minimum Gasteiger partial charge on any atom is -0.598 e. The van der Waals surface area contributed by atoms with Gasteiger partial charge in [-0.3, -0.25) is 0 Å². The van der Waals surface area contributed by atoms with E-state index in [1.165, 1.54) is 0 Å². The van der Waals surface area contributed by atoms with Crippen molar-refractivity contribution < 1.29 is 9.29 Å². The Bertz CT molecular complexity index is 858. The molecule has 0 bridgehead atoms. The van der Waals surface area contributed by atoms with E-state index in [0.717, 1.165) is 23.1 Å². The third-order valence-corrected chi connectivity index (χ3v) is 8.11. The molecule has 0 spiro atoms. The van der Waals surface area contributed by atoms with E-state index in [2.05, 4.69) is 30.9 Å². The molecule has 0 saturated heterocycles. The van der Waals surface area contributed by atoms with Gasteiger partial charge >= 0.3 is 0 Å². The van der Waals surface area contributed by atoms with Crippen LogP contribution in [0.5, 0.6) is 0 Å². The van der Waals surface area contributed by atoms with E-state index in [1.807, 2.05) is 61.9 Å². The van der Waals surface area contributed by atoms with Crippen LogP contribution in [0.1, 0.15) is 39.1 Å². The number of benzene rings is 1. The van der Waals surface area contributed by atoms with E-state index in [4.69, 9.17) is 15.5 Å². The Morgan fingerprint density at radius 2 is 2.00 bits per heavy atom. The molecule has 6 nitrogen and oxygen atoms in total. The van der Waals surface area contributed by atoms with Crippen LogP contribution in [0.25, 0.3) is 11.3 Å². The van der Waals surface area contributed by atoms with Crippen LogP contribution in [-0.4, -0.2) is 33.5 Å². The third kappa shape index (κ3) is 7.80. The summed E-state index contributed by atoms with van der Waals surface area (Å²) in [6.07, 6.45) is 4.38. The lowest BCUT2D eigenvalue weighted by Crippen LogP contribution is -2.41. The number of nitrogens with two attached hydrogens (primary N) is 1. The summed E-state index contributed by atoms with van der Waals surface area (Å²) < 4.78 is 23.7. The molecule has 0 aliphatic rings. The molecule has 0 fully saturated rings. The lowest BCUT2D eigenvalue weighted by molar-refractivity contribution is 0.0841. The molecule has 2 rings (SSSR count). The first-order valence-corrected chi connectivity index (χ1v) is 15.6. The minimum absolute atomic E-state index is 0.253. The van der Waals surface area contributed by atoms with Gasteiger partial charge < -0.3 is 19.6 Å². The molecule has 1 aromatic carbocycles. The van der Waals surface area contributed by atoms with Crippen molar-refractivity contribution in [2.75, 3.05) is 12.3 Å². The summed E-state index contributed by atoms with van der Waals surface area (Å²) in [4.78, 5) is 4.89. The van der Waals surface area contributed by atoms with Crippen LogP contribution in [0.15, 0.2) is 43.1 Å². The molecule has 0 amide bonds. The quantitative estimate of drug-likeness (QED) is 0.159. The van der Waals surface area contributed by atoms with Crippen molar-refractivity contribution in [1.82, 2.24) is 14.3 Å². The number of hydrogen-bond donors (Lipinski definition) is 2. The number of nitrogens with one attached hydrogen (secondary N) is 1. The second-order valence-corrected chi connectivity index (χ2v) is 17.6. The van der Waals surface area contributed by atoms with Crippen LogP contribution in [0.2, 0.25) is 25.7 Å². The molecule has 2 atom stereocenters. The van der Waals surface area contributed by atoms with Gasteiger partial charge in [-0.25, -0.2) is 4.98 Å². The van der Waals surface area contributed by atoms with Crippen molar-refractivity contribution >= 4 is 25.1 Å². The zero-order valence-corrected chi connectivity index (χ0v) is 21.6. The third-order valence-electron chi connectivity index (χ3n) is 4.79. The number of anilines is 1. The molecule has 2 aromatic rings. The van der Waals surface area contributed by atoms with Crippen LogP contribution in [0.4, 0.5) is 5.69 Å². The van der Waals surface area contributed by atoms with Crippen molar-refractivity contribution in [2.24, 2.45) is 0 Å². The standard InChI is InChI=1S/C23H38N4O2SSi/c1-8-11-20(26-30(28)23(2,3)4)22-25-21(18-12-9-10-13-19(18)24)16-27(22)17-29-14-15-31(5,6)7/h8-10,12-13,16,20,26H,1,11,14-15,17,24H2,2-7H3/t20-,30?/m0/s1. The number of rotatable bonds is 11. The molecule has 1 aromatic heterocycles. The van der Waals surface area contributed by atoms with Gasteiger partial charge in [0, 0.05) is 43.5 Å². The second kappa shape index (κ2) is 10.8. The summed E-state index contributed by atoms with van der Waals surface area (Å²) in [5.74, 6) is 0.767. The average molecular weight is 463 g/mol. The summed E-state index contributed by atoms with van der Waals surface area (Å²) in [5, 5.41) is 0. The molecular weight excluding hydrogens is 424 g/mol. The molecule has 0 saturated carbocycles. The van der Waals surface area contributed by atoms with Crippen molar-refractivity contribution in [2.45, 2.75) is 70.4 Å². The minimum atomic E-state index is -1.25. The first-order chi connectivity index (χ1) is 14.4. The Morgan fingerprint density at radius 1 is 1.32 bits per heavy atom. The molecule has 31 heavy (non-hydrogen) atoms. The van der Waals surface area contributed by atoms with E-state index in [9.17, 15) is 4.55 Å². The van der Waals surface area contributed by atoms with Gasteiger partial charge in [-0.05, 0) is 39.3 Å². The Balaban J connectivity index is 2.36. The number of aromatic nitrogens is 2. The summed E-state index contributed by atoms with van der Waals surface area (Å²) in [5.41, 5.74) is 8.52. The summed E-state index contributed by atoms with van der Waals surface area (Å²) in [6, 6.07) is 8.52. The number of imidazole rings is 1. The Morgan fingerprint density at radius 3 is 2.58 bits per heavy atom. The smallest absolute Gasteiger partial charge is 0.136 e. The van der Waals surface area contributed by atoms with Gasteiger partial charge in [0.25, 0.3) is 0 Å². The number of ether oxygens (including phenoxy) is 1.